The lowest BCUT2D eigenvalue weighted by Crippen LogP contribution is -2.60. The highest BCUT2D eigenvalue weighted by Gasteiger charge is 2.56. The second-order valence-electron chi connectivity index (χ2n) is 10.6. The Hall–Kier alpha value is -3.98. The van der Waals surface area contributed by atoms with Gasteiger partial charge in [-0.2, -0.15) is 0 Å². The van der Waals surface area contributed by atoms with Crippen LogP contribution >= 0.6 is 0 Å². The standard InChI is InChI=1S/C32H35F2N3O4/c1-3-41-31(39)22-14-16-23(17-15-22)35-30(38)28(20-10-6-4-7-11-20)32(29(40-2)21-12-8-5-9-13-21)36-26-18-24(33)25(34)19-27(26)37-32/h5,8-9,12-20,28-29,36-37H,3-4,6-7,10-11H2,1-2H3,(H,35,38). The molecule has 0 aromatic heterocycles. The minimum Gasteiger partial charge on any atom is -0.462 e. The second-order valence-corrected chi connectivity index (χ2v) is 10.6. The van der Waals surface area contributed by atoms with Gasteiger partial charge in [-0.3, -0.25) is 4.79 Å². The predicted octanol–water partition coefficient (Wildman–Crippen LogP) is 6.90. The molecule has 41 heavy (non-hydrogen) atoms. The Balaban J connectivity index is 1.57. The molecule has 0 bridgehead atoms. The van der Waals surface area contributed by atoms with E-state index in [1.54, 1.807) is 38.3 Å². The van der Waals surface area contributed by atoms with Crippen molar-refractivity contribution in [2.75, 3.05) is 29.7 Å². The number of benzene rings is 3. The third-order valence-corrected chi connectivity index (χ3v) is 8.05. The summed E-state index contributed by atoms with van der Waals surface area (Å²) in [6, 6.07) is 18.2. The summed E-state index contributed by atoms with van der Waals surface area (Å²) in [6.07, 6.45) is 3.95. The molecule has 3 aromatic carbocycles. The van der Waals surface area contributed by atoms with Gasteiger partial charge in [0.05, 0.1) is 29.5 Å². The van der Waals surface area contributed by atoms with E-state index in [0.717, 1.165) is 49.8 Å². The predicted molar refractivity (Wildman–Crippen MR) is 154 cm³/mol. The number of halogens is 2. The van der Waals surface area contributed by atoms with Gasteiger partial charge >= 0.3 is 5.97 Å². The van der Waals surface area contributed by atoms with E-state index in [9.17, 15) is 18.4 Å². The molecule has 5 rings (SSSR count). The molecule has 1 amide bonds. The van der Waals surface area contributed by atoms with Crippen LogP contribution in [0.25, 0.3) is 0 Å². The first-order valence-corrected chi connectivity index (χ1v) is 14.1. The Bertz CT molecular complexity index is 1350. The lowest BCUT2D eigenvalue weighted by Gasteiger charge is -2.46. The van der Waals surface area contributed by atoms with Crippen LogP contribution in [0.3, 0.4) is 0 Å². The minimum atomic E-state index is -1.27. The van der Waals surface area contributed by atoms with Crippen molar-refractivity contribution in [2.24, 2.45) is 11.8 Å². The fraction of sp³-hybridized carbons (Fsp3) is 0.375. The van der Waals surface area contributed by atoms with E-state index in [-0.39, 0.29) is 18.4 Å². The molecule has 0 saturated heterocycles. The van der Waals surface area contributed by atoms with E-state index in [1.807, 2.05) is 30.3 Å². The van der Waals surface area contributed by atoms with Crippen LogP contribution in [-0.2, 0) is 14.3 Å². The van der Waals surface area contributed by atoms with E-state index in [0.29, 0.717) is 22.6 Å². The summed E-state index contributed by atoms with van der Waals surface area (Å²) in [6.45, 7) is 2.00. The van der Waals surface area contributed by atoms with Gasteiger partial charge in [0.15, 0.2) is 17.3 Å². The molecule has 0 spiro atoms. The topological polar surface area (TPSA) is 88.7 Å². The van der Waals surface area contributed by atoms with E-state index >= 15 is 0 Å². The van der Waals surface area contributed by atoms with Gasteiger partial charge in [0, 0.05) is 24.9 Å². The van der Waals surface area contributed by atoms with Crippen molar-refractivity contribution in [2.45, 2.75) is 50.8 Å². The third kappa shape index (κ3) is 5.77. The number of carbonyl (C=O) groups excluding carboxylic acids is 2. The SMILES string of the molecule is CCOC(=O)c1ccc(NC(=O)C(C2CCCCC2)C2(C(OC)c3ccccc3)Nc3cc(F)c(F)cc3N2)cc1. The molecule has 0 radical (unpaired) electrons. The average molecular weight is 564 g/mol. The number of carbonyl (C=O) groups is 2. The van der Waals surface area contributed by atoms with Crippen LogP contribution in [0.5, 0.6) is 0 Å². The van der Waals surface area contributed by atoms with E-state index in [4.69, 9.17) is 9.47 Å². The number of hydrogen-bond donors (Lipinski definition) is 3. The van der Waals surface area contributed by atoms with Crippen LogP contribution in [-0.4, -0.2) is 31.3 Å². The smallest absolute Gasteiger partial charge is 0.338 e. The van der Waals surface area contributed by atoms with Gasteiger partial charge in [0.25, 0.3) is 0 Å². The summed E-state index contributed by atoms with van der Waals surface area (Å²) in [7, 11) is 1.57. The van der Waals surface area contributed by atoms with Crippen molar-refractivity contribution in [3.8, 4) is 0 Å². The molecule has 2 unspecified atom stereocenters. The van der Waals surface area contributed by atoms with Gasteiger partial charge in [-0.05, 0) is 55.5 Å². The lowest BCUT2D eigenvalue weighted by molar-refractivity contribution is -0.126. The summed E-state index contributed by atoms with van der Waals surface area (Å²) >= 11 is 0. The molecule has 216 valence electrons. The third-order valence-electron chi connectivity index (χ3n) is 8.05. The first-order chi connectivity index (χ1) is 19.9. The molecule has 2 aliphatic rings. The molecule has 1 fully saturated rings. The normalized spacial score (nSPS) is 17.5. The molecule has 1 saturated carbocycles. The van der Waals surface area contributed by atoms with Crippen molar-refractivity contribution < 1.29 is 27.8 Å². The maximum atomic E-state index is 14.4. The minimum absolute atomic E-state index is 0.0482. The van der Waals surface area contributed by atoms with Gasteiger partial charge in [-0.1, -0.05) is 49.6 Å². The van der Waals surface area contributed by atoms with Gasteiger partial charge < -0.3 is 25.4 Å². The Morgan fingerprint density at radius 3 is 2.12 bits per heavy atom. The summed E-state index contributed by atoms with van der Waals surface area (Å²) in [5.74, 6) is -3.44. The van der Waals surface area contributed by atoms with Crippen LogP contribution < -0.4 is 16.0 Å². The monoisotopic (exact) mass is 563 g/mol. The maximum absolute atomic E-state index is 14.4. The number of nitrogens with one attached hydrogen (secondary N) is 3. The number of amides is 1. The van der Waals surface area contributed by atoms with Crippen LogP contribution in [0.15, 0.2) is 66.7 Å². The average Bonchev–Trinajstić information content (AvgIpc) is 3.33. The molecule has 1 aliphatic carbocycles. The Morgan fingerprint density at radius 1 is 0.951 bits per heavy atom. The van der Waals surface area contributed by atoms with E-state index in [2.05, 4.69) is 16.0 Å². The summed E-state index contributed by atoms with van der Waals surface area (Å²) < 4.78 is 39.9. The molecule has 1 aliphatic heterocycles. The largest absolute Gasteiger partial charge is 0.462 e. The van der Waals surface area contributed by atoms with E-state index in [1.165, 1.54) is 0 Å². The molecule has 7 nitrogen and oxygen atoms in total. The first-order valence-electron chi connectivity index (χ1n) is 14.1. The summed E-state index contributed by atoms with van der Waals surface area (Å²) in [5, 5.41) is 9.85. The highest BCUT2D eigenvalue weighted by molar-refractivity contribution is 5.96. The highest BCUT2D eigenvalue weighted by atomic mass is 19.2. The van der Waals surface area contributed by atoms with Crippen molar-refractivity contribution in [3.05, 3.63) is 89.5 Å². The molecule has 3 N–H and O–H groups in total. The first kappa shape index (κ1) is 28.5. The molecule has 2 atom stereocenters. The number of ether oxygens (including phenoxy) is 2. The van der Waals surface area contributed by atoms with Gasteiger partial charge in [-0.25, -0.2) is 13.6 Å². The number of anilines is 3. The van der Waals surface area contributed by atoms with Crippen molar-refractivity contribution in [1.82, 2.24) is 0 Å². The van der Waals surface area contributed by atoms with Crippen molar-refractivity contribution in [3.63, 3.8) is 0 Å². The molecule has 1 heterocycles. The maximum Gasteiger partial charge on any atom is 0.338 e. The highest BCUT2D eigenvalue weighted by Crippen LogP contribution is 2.50. The molecular formula is C32H35F2N3O4. The zero-order chi connectivity index (χ0) is 29.0. The van der Waals surface area contributed by atoms with Crippen molar-refractivity contribution >= 4 is 28.9 Å². The van der Waals surface area contributed by atoms with Crippen molar-refractivity contribution in [1.29, 1.82) is 0 Å². The zero-order valence-electron chi connectivity index (χ0n) is 23.2. The number of rotatable bonds is 9. The number of hydrogen-bond acceptors (Lipinski definition) is 6. The number of methoxy groups -OCH3 is 1. The van der Waals surface area contributed by atoms with Crippen LogP contribution in [0.2, 0.25) is 0 Å². The fourth-order valence-corrected chi connectivity index (χ4v) is 6.28. The summed E-state index contributed by atoms with van der Waals surface area (Å²) in [5.41, 5.74) is 1.14. The number of fused-ring (bicyclic) bond motifs is 1. The zero-order valence-corrected chi connectivity index (χ0v) is 23.2. The van der Waals surface area contributed by atoms with Gasteiger partial charge in [0.1, 0.15) is 6.10 Å². The van der Waals surface area contributed by atoms with Crippen LogP contribution in [0, 0.1) is 23.5 Å². The quantitative estimate of drug-likeness (QED) is 0.246. The van der Waals surface area contributed by atoms with Crippen LogP contribution in [0.4, 0.5) is 25.8 Å². The van der Waals surface area contributed by atoms with E-state index < -0.39 is 35.3 Å². The fourth-order valence-electron chi connectivity index (χ4n) is 6.28. The van der Waals surface area contributed by atoms with Gasteiger partial charge in [0.2, 0.25) is 5.91 Å². The molecular weight excluding hydrogens is 528 g/mol. The molecule has 9 heteroatoms. The lowest BCUT2D eigenvalue weighted by atomic mass is 9.70. The second kappa shape index (κ2) is 12.3. The van der Waals surface area contributed by atoms with Crippen LogP contribution in [0.1, 0.15) is 61.1 Å². The number of esters is 1. The Labute approximate surface area is 238 Å². The summed E-state index contributed by atoms with van der Waals surface area (Å²) in [4.78, 5) is 26.5. The van der Waals surface area contributed by atoms with Gasteiger partial charge in [-0.15, -0.1) is 0 Å². The Morgan fingerprint density at radius 2 is 1.56 bits per heavy atom. The molecule has 3 aromatic rings. The Kier molecular flexibility index (Phi) is 8.54.